The van der Waals surface area contributed by atoms with Crippen LogP contribution in [0.3, 0.4) is 0 Å². The van der Waals surface area contributed by atoms with Crippen LogP contribution in [-0.4, -0.2) is 52.8 Å². The number of anilines is 3. The number of aryl methyl sites for hydroxylation is 1. The molecule has 0 bridgehead atoms. The summed E-state index contributed by atoms with van der Waals surface area (Å²) in [5, 5.41) is 11.4. The molecule has 6 nitrogen and oxygen atoms in total. The summed E-state index contributed by atoms with van der Waals surface area (Å²) in [5.74, 6) is 1.41. The van der Waals surface area contributed by atoms with Gasteiger partial charge in [-0.05, 0) is 37.2 Å². The summed E-state index contributed by atoms with van der Waals surface area (Å²) in [7, 11) is 0. The normalized spacial score (nSPS) is 15.7. The standard InChI is InChI=1S/C16H21BrN6/c1-3-22-6-8-23(9-7-22)15-11-18-21-16(20-15)19-13-4-5-14(17)12(2)10-13/h4-5,10-11H,3,6-9H2,1-2H3,(H,19,20,21). The van der Waals surface area contributed by atoms with E-state index in [0.717, 1.165) is 54.3 Å². The lowest BCUT2D eigenvalue weighted by molar-refractivity contribution is 0.270. The molecule has 1 aliphatic heterocycles. The Balaban J connectivity index is 1.71. The maximum absolute atomic E-state index is 4.61. The van der Waals surface area contributed by atoms with E-state index < -0.39 is 0 Å². The van der Waals surface area contributed by atoms with Gasteiger partial charge in [-0.2, -0.15) is 10.1 Å². The molecule has 1 aromatic heterocycles. The molecule has 0 unspecified atom stereocenters. The molecule has 1 N–H and O–H groups in total. The molecule has 1 saturated heterocycles. The second-order valence-corrected chi connectivity index (χ2v) is 6.50. The zero-order valence-electron chi connectivity index (χ0n) is 13.5. The van der Waals surface area contributed by atoms with Crippen LogP contribution < -0.4 is 10.2 Å². The third-order valence-electron chi connectivity index (χ3n) is 4.10. The van der Waals surface area contributed by atoms with Crippen molar-refractivity contribution in [2.24, 2.45) is 0 Å². The van der Waals surface area contributed by atoms with Crippen molar-refractivity contribution in [3.63, 3.8) is 0 Å². The van der Waals surface area contributed by atoms with Gasteiger partial charge in [-0.25, -0.2) is 0 Å². The molecule has 2 heterocycles. The predicted molar refractivity (Wildman–Crippen MR) is 96.3 cm³/mol. The van der Waals surface area contributed by atoms with E-state index in [1.165, 1.54) is 0 Å². The lowest BCUT2D eigenvalue weighted by Crippen LogP contribution is -2.46. The van der Waals surface area contributed by atoms with Crippen LogP contribution in [0.2, 0.25) is 0 Å². The summed E-state index contributed by atoms with van der Waals surface area (Å²) >= 11 is 3.51. The average Bonchev–Trinajstić information content (AvgIpc) is 2.58. The number of likely N-dealkylation sites (N-methyl/N-ethyl adjacent to an activating group) is 1. The van der Waals surface area contributed by atoms with Crippen LogP contribution in [0, 0.1) is 6.92 Å². The van der Waals surface area contributed by atoms with Gasteiger partial charge in [0.25, 0.3) is 0 Å². The highest BCUT2D eigenvalue weighted by Crippen LogP contribution is 2.22. The summed E-state index contributed by atoms with van der Waals surface area (Å²) in [6.45, 7) is 9.44. The quantitative estimate of drug-likeness (QED) is 0.885. The van der Waals surface area contributed by atoms with Crippen LogP contribution in [0.5, 0.6) is 0 Å². The van der Waals surface area contributed by atoms with Gasteiger partial charge in [0.05, 0.1) is 6.20 Å². The molecule has 23 heavy (non-hydrogen) atoms. The van der Waals surface area contributed by atoms with Crippen LogP contribution in [0.1, 0.15) is 12.5 Å². The summed E-state index contributed by atoms with van der Waals surface area (Å²) in [6.07, 6.45) is 1.74. The first kappa shape index (κ1) is 16.1. The number of nitrogens with one attached hydrogen (secondary N) is 1. The van der Waals surface area contributed by atoms with Crippen LogP contribution in [0.4, 0.5) is 17.5 Å². The Morgan fingerprint density at radius 2 is 2.00 bits per heavy atom. The lowest BCUT2D eigenvalue weighted by atomic mass is 10.2. The summed E-state index contributed by atoms with van der Waals surface area (Å²) < 4.78 is 1.09. The number of hydrogen-bond donors (Lipinski definition) is 1. The fourth-order valence-corrected chi connectivity index (χ4v) is 2.89. The van der Waals surface area contributed by atoms with Crippen molar-refractivity contribution in [2.75, 3.05) is 42.9 Å². The van der Waals surface area contributed by atoms with E-state index in [1.54, 1.807) is 6.20 Å². The maximum atomic E-state index is 4.61. The highest BCUT2D eigenvalue weighted by molar-refractivity contribution is 9.10. The Labute approximate surface area is 145 Å². The lowest BCUT2D eigenvalue weighted by Gasteiger charge is -2.34. The van der Waals surface area contributed by atoms with Crippen molar-refractivity contribution in [1.82, 2.24) is 20.1 Å². The Morgan fingerprint density at radius 1 is 1.22 bits per heavy atom. The first-order valence-electron chi connectivity index (χ1n) is 7.86. The van der Waals surface area contributed by atoms with Crippen molar-refractivity contribution in [2.45, 2.75) is 13.8 Å². The molecular formula is C16H21BrN6. The highest BCUT2D eigenvalue weighted by atomic mass is 79.9. The van der Waals surface area contributed by atoms with E-state index in [2.05, 4.69) is 66.1 Å². The van der Waals surface area contributed by atoms with Crippen LogP contribution in [-0.2, 0) is 0 Å². The third kappa shape index (κ3) is 3.97. The van der Waals surface area contributed by atoms with Crippen molar-refractivity contribution in [3.05, 3.63) is 34.4 Å². The molecule has 1 aliphatic rings. The molecule has 0 amide bonds. The van der Waals surface area contributed by atoms with E-state index >= 15 is 0 Å². The van der Waals surface area contributed by atoms with Crippen LogP contribution in [0.25, 0.3) is 0 Å². The van der Waals surface area contributed by atoms with Crippen molar-refractivity contribution >= 4 is 33.4 Å². The number of benzene rings is 1. The van der Waals surface area contributed by atoms with Crippen LogP contribution >= 0.6 is 15.9 Å². The van der Waals surface area contributed by atoms with E-state index in [-0.39, 0.29) is 0 Å². The van der Waals surface area contributed by atoms with E-state index in [9.17, 15) is 0 Å². The van der Waals surface area contributed by atoms with Gasteiger partial charge >= 0.3 is 0 Å². The molecule has 0 atom stereocenters. The second kappa shape index (κ2) is 7.23. The largest absolute Gasteiger partial charge is 0.353 e. The monoisotopic (exact) mass is 376 g/mol. The van der Waals surface area contributed by atoms with Crippen molar-refractivity contribution in [1.29, 1.82) is 0 Å². The first-order chi connectivity index (χ1) is 11.2. The Bertz CT molecular complexity index is 669. The number of aromatic nitrogens is 3. The van der Waals surface area contributed by atoms with Gasteiger partial charge < -0.3 is 15.1 Å². The Hall–Kier alpha value is -1.73. The first-order valence-corrected chi connectivity index (χ1v) is 8.65. The predicted octanol–water partition coefficient (Wildman–Crippen LogP) is 2.83. The van der Waals surface area contributed by atoms with Gasteiger partial charge in [0.2, 0.25) is 5.95 Å². The minimum absolute atomic E-state index is 0.530. The number of rotatable bonds is 4. The van der Waals surface area contributed by atoms with E-state index in [1.807, 2.05) is 12.1 Å². The average molecular weight is 377 g/mol. The fraction of sp³-hybridized carbons (Fsp3) is 0.438. The molecule has 1 fully saturated rings. The number of halogens is 1. The SMILES string of the molecule is CCN1CCN(c2cnnc(Nc3ccc(Br)c(C)c3)n2)CC1. The Kier molecular flexibility index (Phi) is 5.07. The number of nitrogens with zero attached hydrogens (tertiary/aromatic N) is 5. The zero-order valence-corrected chi connectivity index (χ0v) is 15.0. The number of piperazine rings is 1. The maximum Gasteiger partial charge on any atom is 0.249 e. The summed E-state index contributed by atoms with van der Waals surface area (Å²) in [4.78, 5) is 9.31. The van der Waals surface area contributed by atoms with Gasteiger partial charge in [-0.3, -0.25) is 0 Å². The second-order valence-electron chi connectivity index (χ2n) is 5.65. The molecule has 1 aromatic carbocycles. The number of hydrogen-bond acceptors (Lipinski definition) is 6. The van der Waals surface area contributed by atoms with Crippen molar-refractivity contribution in [3.8, 4) is 0 Å². The summed E-state index contributed by atoms with van der Waals surface area (Å²) in [6, 6.07) is 6.06. The minimum Gasteiger partial charge on any atom is -0.353 e. The van der Waals surface area contributed by atoms with Gasteiger partial charge in [0.1, 0.15) is 0 Å². The van der Waals surface area contributed by atoms with Gasteiger partial charge in [0.15, 0.2) is 5.82 Å². The smallest absolute Gasteiger partial charge is 0.249 e. The van der Waals surface area contributed by atoms with Crippen LogP contribution in [0.15, 0.2) is 28.9 Å². The third-order valence-corrected chi connectivity index (χ3v) is 4.99. The molecule has 3 rings (SSSR count). The molecule has 2 aromatic rings. The van der Waals surface area contributed by atoms with Crippen molar-refractivity contribution < 1.29 is 0 Å². The molecule has 0 radical (unpaired) electrons. The van der Waals surface area contributed by atoms with E-state index in [0.29, 0.717) is 5.95 Å². The van der Waals surface area contributed by atoms with Gasteiger partial charge in [-0.1, -0.05) is 22.9 Å². The minimum atomic E-state index is 0.530. The molecule has 7 heteroatoms. The highest BCUT2D eigenvalue weighted by Gasteiger charge is 2.17. The summed E-state index contributed by atoms with van der Waals surface area (Å²) in [5.41, 5.74) is 2.12. The van der Waals surface area contributed by atoms with Gasteiger partial charge in [-0.15, -0.1) is 5.10 Å². The molecule has 0 spiro atoms. The molecule has 0 saturated carbocycles. The topological polar surface area (TPSA) is 57.2 Å². The van der Waals surface area contributed by atoms with E-state index in [4.69, 9.17) is 0 Å². The molecule has 0 aliphatic carbocycles. The molecule has 122 valence electrons. The fourth-order valence-electron chi connectivity index (χ4n) is 2.64. The molecular weight excluding hydrogens is 356 g/mol. The zero-order chi connectivity index (χ0) is 16.2. The Morgan fingerprint density at radius 3 is 2.70 bits per heavy atom. The van der Waals surface area contributed by atoms with Gasteiger partial charge in [0, 0.05) is 36.3 Å².